The van der Waals surface area contributed by atoms with Crippen molar-refractivity contribution >= 4 is 28.3 Å². The monoisotopic (exact) mass is 406 g/mol. The van der Waals surface area contributed by atoms with Gasteiger partial charge in [-0.25, -0.2) is 4.79 Å². The third kappa shape index (κ3) is 4.00. The summed E-state index contributed by atoms with van der Waals surface area (Å²) in [4.78, 5) is 30.2. The molecule has 2 heterocycles. The number of aromatic nitrogens is 3. The lowest BCUT2D eigenvalue weighted by atomic mass is 10.2. The summed E-state index contributed by atoms with van der Waals surface area (Å²) in [7, 11) is 0. The summed E-state index contributed by atoms with van der Waals surface area (Å²) in [5.41, 5.74) is 2.81. The van der Waals surface area contributed by atoms with Crippen molar-refractivity contribution in [2.75, 3.05) is 0 Å². The lowest BCUT2D eigenvalue weighted by Crippen LogP contribution is -2.25. The van der Waals surface area contributed by atoms with E-state index in [1.165, 1.54) is 11.3 Å². The molecule has 1 amide bonds. The van der Waals surface area contributed by atoms with Crippen LogP contribution in [0.4, 0.5) is 0 Å². The largest absolute Gasteiger partial charge is 0.329 e. The molecule has 0 radical (unpaired) electrons. The second-order valence-corrected chi connectivity index (χ2v) is 7.59. The van der Waals surface area contributed by atoms with Crippen LogP contribution in [0.3, 0.4) is 0 Å². The number of carbonyl (C=O) groups is 1. The SMILES string of the molecule is CCn1c(=O)n(CCC(=O)N=c2sccn2Cc2ccccc2)c2ccccc21. The summed E-state index contributed by atoms with van der Waals surface area (Å²) in [5.74, 6) is -0.227. The molecule has 4 aromatic rings. The van der Waals surface area contributed by atoms with E-state index in [0.29, 0.717) is 24.4 Å². The summed E-state index contributed by atoms with van der Waals surface area (Å²) in [6.07, 6.45) is 2.12. The van der Waals surface area contributed by atoms with E-state index in [1.807, 2.05) is 77.7 Å². The first-order valence-corrected chi connectivity index (χ1v) is 10.5. The Bertz CT molecular complexity index is 1260. The molecule has 6 nitrogen and oxygen atoms in total. The molecule has 0 saturated carbocycles. The maximum atomic E-state index is 12.7. The molecule has 0 aliphatic rings. The van der Waals surface area contributed by atoms with Gasteiger partial charge in [0.2, 0.25) is 5.91 Å². The number of fused-ring (bicyclic) bond motifs is 1. The summed E-state index contributed by atoms with van der Waals surface area (Å²) >= 11 is 1.44. The summed E-state index contributed by atoms with van der Waals surface area (Å²) in [5, 5.41) is 1.93. The molecule has 7 heteroatoms. The number of benzene rings is 2. The lowest BCUT2D eigenvalue weighted by Gasteiger charge is -2.03. The zero-order valence-electron chi connectivity index (χ0n) is 16.2. The Balaban J connectivity index is 1.54. The van der Waals surface area contributed by atoms with Gasteiger partial charge in [-0.15, -0.1) is 11.3 Å². The average molecular weight is 407 g/mol. The molecule has 2 aromatic heterocycles. The Kier molecular flexibility index (Phi) is 5.57. The van der Waals surface area contributed by atoms with Gasteiger partial charge < -0.3 is 4.57 Å². The fraction of sp³-hybridized carbons (Fsp3) is 0.227. The van der Waals surface area contributed by atoms with Gasteiger partial charge in [-0.05, 0) is 24.6 Å². The number of hydrogen-bond acceptors (Lipinski definition) is 3. The quantitative estimate of drug-likeness (QED) is 0.493. The van der Waals surface area contributed by atoms with Crippen molar-refractivity contribution in [1.29, 1.82) is 0 Å². The lowest BCUT2D eigenvalue weighted by molar-refractivity contribution is -0.118. The Morgan fingerprint density at radius 1 is 1.00 bits per heavy atom. The topological polar surface area (TPSA) is 61.3 Å². The standard InChI is InChI=1S/C22H22N4O2S/c1-2-25-18-10-6-7-11-19(18)26(22(25)28)13-12-20(27)23-21-24(14-15-29-21)16-17-8-4-3-5-9-17/h3-11,14-15H,2,12-13,16H2,1H3. The van der Waals surface area contributed by atoms with Crippen LogP contribution in [0.25, 0.3) is 11.0 Å². The highest BCUT2D eigenvalue weighted by Crippen LogP contribution is 2.13. The van der Waals surface area contributed by atoms with E-state index in [9.17, 15) is 9.59 Å². The number of para-hydroxylation sites is 2. The van der Waals surface area contributed by atoms with E-state index >= 15 is 0 Å². The third-order valence-electron chi connectivity index (χ3n) is 4.87. The minimum absolute atomic E-state index is 0.0863. The number of imidazole rings is 1. The highest BCUT2D eigenvalue weighted by atomic mass is 32.1. The molecule has 4 rings (SSSR count). The van der Waals surface area contributed by atoms with Crippen LogP contribution in [0.5, 0.6) is 0 Å². The molecule has 0 fully saturated rings. The van der Waals surface area contributed by atoms with Gasteiger partial charge in [-0.3, -0.25) is 13.9 Å². The number of rotatable bonds is 6. The molecule has 0 aliphatic carbocycles. The summed E-state index contributed by atoms with van der Waals surface area (Å²) < 4.78 is 5.36. The summed E-state index contributed by atoms with van der Waals surface area (Å²) in [6, 6.07) is 17.7. The zero-order chi connectivity index (χ0) is 20.2. The number of aryl methyl sites for hydroxylation is 2. The first kappa shape index (κ1) is 19.1. The van der Waals surface area contributed by atoms with E-state index in [1.54, 1.807) is 9.13 Å². The number of hydrogen-bond donors (Lipinski definition) is 0. The van der Waals surface area contributed by atoms with E-state index in [4.69, 9.17) is 0 Å². The average Bonchev–Trinajstić information content (AvgIpc) is 3.28. The van der Waals surface area contributed by atoms with Crippen molar-refractivity contribution in [3.05, 3.63) is 87.0 Å². The Hall–Kier alpha value is -3.19. The van der Waals surface area contributed by atoms with Crippen molar-refractivity contribution in [2.45, 2.75) is 33.0 Å². The van der Waals surface area contributed by atoms with Crippen LogP contribution >= 0.6 is 11.3 Å². The van der Waals surface area contributed by atoms with Crippen molar-refractivity contribution in [1.82, 2.24) is 13.7 Å². The number of nitrogens with zero attached hydrogens (tertiary/aromatic N) is 4. The molecule has 0 spiro atoms. The van der Waals surface area contributed by atoms with Crippen LogP contribution in [-0.4, -0.2) is 19.6 Å². The summed E-state index contributed by atoms with van der Waals surface area (Å²) in [6.45, 7) is 3.53. The number of thiazole rings is 1. The smallest absolute Gasteiger partial charge is 0.319 e. The fourth-order valence-corrected chi connectivity index (χ4v) is 4.20. The molecule has 0 saturated heterocycles. The first-order valence-electron chi connectivity index (χ1n) is 9.61. The second-order valence-electron chi connectivity index (χ2n) is 6.72. The minimum atomic E-state index is -0.227. The fourth-order valence-electron chi connectivity index (χ4n) is 3.45. The minimum Gasteiger partial charge on any atom is -0.319 e. The van der Waals surface area contributed by atoms with Crippen LogP contribution < -0.4 is 10.5 Å². The molecule has 29 heavy (non-hydrogen) atoms. The van der Waals surface area contributed by atoms with Crippen molar-refractivity contribution in [2.24, 2.45) is 4.99 Å². The Morgan fingerprint density at radius 2 is 1.69 bits per heavy atom. The maximum Gasteiger partial charge on any atom is 0.329 e. The molecular weight excluding hydrogens is 384 g/mol. The number of amides is 1. The normalized spacial score (nSPS) is 12.0. The molecule has 0 aliphatic heterocycles. The Labute approximate surface area is 172 Å². The highest BCUT2D eigenvalue weighted by molar-refractivity contribution is 7.07. The van der Waals surface area contributed by atoms with Gasteiger partial charge >= 0.3 is 5.69 Å². The van der Waals surface area contributed by atoms with Crippen molar-refractivity contribution in [3.63, 3.8) is 0 Å². The highest BCUT2D eigenvalue weighted by Gasteiger charge is 2.12. The molecule has 0 unspecified atom stereocenters. The first-order chi connectivity index (χ1) is 14.2. The molecule has 0 atom stereocenters. The molecular formula is C22H22N4O2S. The molecule has 2 aromatic carbocycles. The predicted octanol–water partition coefficient (Wildman–Crippen LogP) is 3.25. The van der Waals surface area contributed by atoms with Gasteiger partial charge in [0.25, 0.3) is 0 Å². The van der Waals surface area contributed by atoms with E-state index in [2.05, 4.69) is 4.99 Å². The van der Waals surface area contributed by atoms with Crippen LogP contribution in [0.15, 0.2) is 76.0 Å². The van der Waals surface area contributed by atoms with Crippen molar-refractivity contribution < 1.29 is 4.79 Å². The van der Waals surface area contributed by atoms with E-state index in [0.717, 1.165) is 16.6 Å². The van der Waals surface area contributed by atoms with Crippen LogP contribution in [0, 0.1) is 0 Å². The molecule has 148 valence electrons. The third-order valence-corrected chi connectivity index (χ3v) is 5.66. The van der Waals surface area contributed by atoms with Gasteiger partial charge in [0.1, 0.15) is 0 Å². The molecule has 0 bridgehead atoms. The van der Waals surface area contributed by atoms with E-state index in [-0.39, 0.29) is 18.0 Å². The van der Waals surface area contributed by atoms with Gasteiger partial charge in [0.15, 0.2) is 4.80 Å². The Morgan fingerprint density at radius 3 is 2.41 bits per heavy atom. The maximum absolute atomic E-state index is 12.7. The van der Waals surface area contributed by atoms with Crippen molar-refractivity contribution in [3.8, 4) is 0 Å². The van der Waals surface area contributed by atoms with Gasteiger partial charge in [-0.2, -0.15) is 4.99 Å². The van der Waals surface area contributed by atoms with Gasteiger partial charge in [0, 0.05) is 37.6 Å². The van der Waals surface area contributed by atoms with Gasteiger partial charge in [-0.1, -0.05) is 42.5 Å². The second kappa shape index (κ2) is 8.45. The van der Waals surface area contributed by atoms with Crippen LogP contribution in [0.1, 0.15) is 18.9 Å². The van der Waals surface area contributed by atoms with Crippen LogP contribution in [-0.2, 0) is 24.4 Å². The number of carbonyl (C=O) groups excluding carboxylic acids is 1. The van der Waals surface area contributed by atoms with Crippen LogP contribution in [0.2, 0.25) is 0 Å². The van der Waals surface area contributed by atoms with Gasteiger partial charge in [0.05, 0.1) is 11.0 Å². The zero-order valence-corrected chi connectivity index (χ0v) is 17.0. The van der Waals surface area contributed by atoms with E-state index < -0.39 is 0 Å². The predicted molar refractivity (Wildman–Crippen MR) is 115 cm³/mol. The molecule has 0 N–H and O–H groups in total.